The molecule has 0 radical (unpaired) electrons. The largest absolute Gasteiger partial charge is 0.490 e. The Morgan fingerprint density at radius 1 is 1.13 bits per heavy atom. The standard InChI is InChI=1S/C24H35N5O2.C2HF3O2/c1-27-12-10-24(21(27)30)18-28(16-19-5-4-11-25-15-19)17-23(24)8-13-29(14-9-23)22(31)26-20-6-2-3-7-20;3-2(4,5)1(6)7/h4-5,11,15,20H,2-3,6-10,12-14,16-18H2,1H3,(H,26,31);(H,6,7). The monoisotopic (exact) mass is 539 g/mol. The summed E-state index contributed by atoms with van der Waals surface area (Å²) >= 11 is 0. The first kappa shape index (κ1) is 28.1. The maximum atomic E-state index is 13.4. The van der Waals surface area contributed by atoms with Gasteiger partial charge in [0.2, 0.25) is 5.91 Å². The Labute approximate surface area is 220 Å². The number of aliphatic carboxylic acids is 1. The molecule has 1 saturated carbocycles. The molecule has 3 amide bonds. The number of carbonyl (C=O) groups is 3. The minimum absolute atomic E-state index is 0.0405. The second kappa shape index (κ2) is 11.1. The number of hydrogen-bond donors (Lipinski definition) is 2. The lowest BCUT2D eigenvalue weighted by Gasteiger charge is -2.47. The highest BCUT2D eigenvalue weighted by Gasteiger charge is 2.64. The van der Waals surface area contributed by atoms with Crippen LogP contribution in [0.15, 0.2) is 24.5 Å². The van der Waals surface area contributed by atoms with Crippen LogP contribution in [0.5, 0.6) is 0 Å². The summed E-state index contributed by atoms with van der Waals surface area (Å²) in [7, 11) is 1.94. The van der Waals surface area contributed by atoms with E-state index in [1.54, 1.807) is 6.20 Å². The number of hydrogen-bond acceptors (Lipinski definition) is 5. The molecule has 38 heavy (non-hydrogen) atoms. The minimum Gasteiger partial charge on any atom is -0.475 e. The number of alkyl halides is 3. The average molecular weight is 540 g/mol. The Hall–Kier alpha value is -2.89. The number of amides is 3. The van der Waals surface area contributed by atoms with Crippen LogP contribution >= 0.6 is 0 Å². The van der Waals surface area contributed by atoms with Crippen LogP contribution in [0, 0.1) is 10.8 Å². The number of aromatic nitrogens is 1. The first-order chi connectivity index (χ1) is 18.0. The van der Waals surface area contributed by atoms with Crippen molar-refractivity contribution in [1.29, 1.82) is 0 Å². The smallest absolute Gasteiger partial charge is 0.475 e. The van der Waals surface area contributed by atoms with Gasteiger partial charge in [0.25, 0.3) is 0 Å². The summed E-state index contributed by atoms with van der Waals surface area (Å²) in [6.45, 7) is 4.92. The highest BCUT2D eigenvalue weighted by Crippen LogP contribution is 2.57. The minimum atomic E-state index is -5.08. The topological polar surface area (TPSA) is 106 Å². The Kier molecular flexibility index (Phi) is 8.20. The number of pyridine rings is 1. The molecular weight excluding hydrogens is 503 g/mol. The van der Waals surface area contributed by atoms with E-state index in [1.165, 1.54) is 18.4 Å². The lowest BCUT2D eigenvalue weighted by atomic mass is 9.60. The summed E-state index contributed by atoms with van der Waals surface area (Å²) in [5.74, 6) is -2.45. The fourth-order valence-corrected chi connectivity index (χ4v) is 6.73. The number of carboxylic acids is 1. The molecule has 3 saturated heterocycles. The molecule has 4 heterocycles. The maximum Gasteiger partial charge on any atom is 0.490 e. The van der Waals surface area contributed by atoms with Crippen molar-refractivity contribution in [3.05, 3.63) is 30.1 Å². The van der Waals surface area contributed by atoms with E-state index in [0.29, 0.717) is 11.9 Å². The van der Waals surface area contributed by atoms with Crippen LogP contribution in [-0.4, -0.2) is 94.7 Å². The predicted octanol–water partition coefficient (Wildman–Crippen LogP) is 3.11. The van der Waals surface area contributed by atoms with Crippen molar-refractivity contribution < 1.29 is 32.7 Å². The van der Waals surface area contributed by atoms with E-state index in [1.807, 2.05) is 29.1 Å². The van der Waals surface area contributed by atoms with Crippen molar-refractivity contribution in [2.24, 2.45) is 10.8 Å². The van der Waals surface area contributed by atoms with E-state index < -0.39 is 12.1 Å². The molecule has 2 N–H and O–H groups in total. The van der Waals surface area contributed by atoms with Crippen LogP contribution in [0.25, 0.3) is 0 Å². The SMILES string of the molecule is CN1CCC2(CN(Cc3cccnc3)CC23CCN(C(=O)NC2CCCC2)CC3)C1=O.O=C(O)C(F)(F)F. The summed E-state index contributed by atoms with van der Waals surface area (Å²) in [4.78, 5) is 45.8. The first-order valence-electron chi connectivity index (χ1n) is 13.2. The molecular formula is C26H36F3N5O4. The fraction of sp³-hybridized carbons (Fsp3) is 0.692. The van der Waals surface area contributed by atoms with E-state index >= 15 is 0 Å². The summed E-state index contributed by atoms with van der Waals surface area (Å²) in [5, 5.41) is 10.4. The molecule has 4 fully saturated rings. The van der Waals surface area contributed by atoms with Crippen molar-refractivity contribution in [1.82, 2.24) is 25.0 Å². The lowest BCUT2D eigenvalue weighted by molar-refractivity contribution is -0.192. The van der Waals surface area contributed by atoms with Gasteiger partial charge in [0.1, 0.15) is 0 Å². The van der Waals surface area contributed by atoms with Gasteiger partial charge in [-0.15, -0.1) is 0 Å². The van der Waals surface area contributed by atoms with E-state index in [0.717, 1.165) is 71.4 Å². The van der Waals surface area contributed by atoms with Crippen LogP contribution in [0.2, 0.25) is 0 Å². The van der Waals surface area contributed by atoms with E-state index in [2.05, 4.69) is 21.3 Å². The van der Waals surface area contributed by atoms with Gasteiger partial charge in [0, 0.05) is 70.2 Å². The molecule has 3 aliphatic heterocycles. The number of urea groups is 1. The predicted molar refractivity (Wildman–Crippen MR) is 132 cm³/mol. The molecule has 0 aromatic carbocycles. The van der Waals surface area contributed by atoms with Gasteiger partial charge in [-0.25, -0.2) is 9.59 Å². The molecule has 1 aliphatic carbocycles. The number of piperidine rings is 1. The second-order valence-corrected chi connectivity index (χ2v) is 11.1. The van der Waals surface area contributed by atoms with E-state index in [9.17, 15) is 22.8 Å². The highest BCUT2D eigenvalue weighted by atomic mass is 19.4. The lowest BCUT2D eigenvalue weighted by Crippen LogP contribution is -2.55. The van der Waals surface area contributed by atoms with Gasteiger partial charge >= 0.3 is 18.2 Å². The molecule has 210 valence electrons. The third-order valence-electron chi connectivity index (χ3n) is 8.73. The average Bonchev–Trinajstić information content (AvgIpc) is 3.56. The number of nitrogens with one attached hydrogen (secondary N) is 1. The normalized spacial score (nSPS) is 25.6. The zero-order chi connectivity index (χ0) is 27.6. The van der Waals surface area contributed by atoms with Crippen LogP contribution in [0.3, 0.4) is 0 Å². The van der Waals surface area contributed by atoms with Crippen LogP contribution in [0.1, 0.15) is 50.5 Å². The third kappa shape index (κ3) is 5.74. The summed E-state index contributed by atoms with van der Waals surface area (Å²) in [5.41, 5.74) is 0.848. The third-order valence-corrected chi connectivity index (χ3v) is 8.73. The summed E-state index contributed by atoms with van der Waals surface area (Å²) in [6.07, 6.45) is 6.06. The van der Waals surface area contributed by atoms with Crippen molar-refractivity contribution in [2.75, 3.05) is 39.8 Å². The van der Waals surface area contributed by atoms with Gasteiger partial charge < -0.3 is 20.2 Å². The zero-order valence-electron chi connectivity index (χ0n) is 21.7. The molecule has 1 unspecified atom stereocenters. The van der Waals surface area contributed by atoms with Gasteiger partial charge in [0.05, 0.1) is 5.41 Å². The van der Waals surface area contributed by atoms with Gasteiger partial charge in [-0.05, 0) is 43.7 Å². The van der Waals surface area contributed by atoms with Gasteiger partial charge in [-0.3, -0.25) is 14.7 Å². The molecule has 1 atom stereocenters. The second-order valence-electron chi connectivity index (χ2n) is 11.1. The summed E-state index contributed by atoms with van der Waals surface area (Å²) < 4.78 is 31.7. The van der Waals surface area contributed by atoms with Crippen molar-refractivity contribution in [2.45, 2.75) is 63.7 Å². The highest BCUT2D eigenvalue weighted by molar-refractivity contribution is 5.86. The Morgan fingerprint density at radius 2 is 1.79 bits per heavy atom. The molecule has 2 spiro atoms. The molecule has 0 bridgehead atoms. The Morgan fingerprint density at radius 3 is 2.32 bits per heavy atom. The van der Waals surface area contributed by atoms with E-state index in [-0.39, 0.29) is 16.9 Å². The number of carbonyl (C=O) groups excluding carboxylic acids is 2. The number of nitrogens with zero attached hydrogens (tertiary/aromatic N) is 4. The van der Waals surface area contributed by atoms with Crippen LogP contribution in [0.4, 0.5) is 18.0 Å². The number of halogens is 3. The number of carboxylic acid groups (broad SMARTS) is 1. The van der Waals surface area contributed by atoms with Crippen molar-refractivity contribution in [3.63, 3.8) is 0 Å². The molecule has 5 rings (SSSR count). The van der Waals surface area contributed by atoms with Crippen LogP contribution < -0.4 is 5.32 Å². The quantitative estimate of drug-likeness (QED) is 0.612. The number of fused-ring (bicyclic) bond motifs is 1. The Balaban J connectivity index is 0.000000426. The number of rotatable bonds is 3. The fourth-order valence-electron chi connectivity index (χ4n) is 6.73. The molecule has 1 aromatic rings. The van der Waals surface area contributed by atoms with Gasteiger partial charge in [0.15, 0.2) is 0 Å². The molecule has 12 heteroatoms. The van der Waals surface area contributed by atoms with Crippen LogP contribution in [-0.2, 0) is 16.1 Å². The summed E-state index contributed by atoms with van der Waals surface area (Å²) in [6, 6.07) is 4.54. The first-order valence-corrected chi connectivity index (χ1v) is 13.2. The molecule has 1 aromatic heterocycles. The maximum absolute atomic E-state index is 13.4. The van der Waals surface area contributed by atoms with Crippen molar-refractivity contribution in [3.8, 4) is 0 Å². The molecule has 9 nitrogen and oxygen atoms in total. The Bertz CT molecular complexity index is 1010. The zero-order valence-corrected chi connectivity index (χ0v) is 21.7. The van der Waals surface area contributed by atoms with E-state index in [4.69, 9.17) is 9.90 Å². The number of likely N-dealkylation sites (tertiary alicyclic amines) is 3. The van der Waals surface area contributed by atoms with Crippen molar-refractivity contribution >= 4 is 17.9 Å². The van der Waals surface area contributed by atoms with Gasteiger partial charge in [-0.2, -0.15) is 13.2 Å². The molecule has 4 aliphatic rings. The van der Waals surface area contributed by atoms with Gasteiger partial charge in [-0.1, -0.05) is 18.9 Å².